The fraction of sp³-hybridized carbons (Fsp3) is 0.338. The van der Waals surface area contributed by atoms with E-state index in [1.807, 2.05) is 137 Å². The van der Waals surface area contributed by atoms with Crippen molar-refractivity contribution >= 4 is 91.0 Å². The average molecular weight is 1370 g/mol. The molecule has 0 aliphatic carbocycles. The van der Waals surface area contributed by atoms with Crippen molar-refractivity contribution in [3.05, 3.63) is 174 Å². The maximum Gasteiger partial charge on any atom is 0.413 e. The highest BCUT2D eigenvalue weighted by Crippen LogP contribution is 2.42. The summed E-state index contributed by atoms with van der Waals surface area (Å²) < 4.78 is 34.2. The summed E-state index contributed by atoms with van der Waals surface area (Å²) in [5, 5.41) is 38.5. The van der Waals surface area contributed by atoms with Gasteiger partial charge < -0.3 is 53.2 Å². The van der Waals surface area contributed by atoms with E-state index in [1.165, 1.54) is 0 Å². The van der Waals surface area contributed by atoms with Crippen molar-refractivity contribution in [1.82, 2.24) is 44.1 Å². The monoisotopic (exact) mass is 1370 g/mol. The number of carbonyl (C=O) groups is 5. The maximum atomic E-state index is 14.4. The molecule has 0 fully saturated rings. The highest BCUT2D eigenvalue weighted by Gasteiger charge is 2.31. The van der Waals surface area contributed by atoms with Crippen molar-refractivity contribution in [2.24, 2.45) is 0 Å². The summed E-state index contributed by atoms with van der Waals surface area (Å²) in [5.41, 5.74) is 7.73. The van der Waals surface area contributed by atoms with Gasteiger partial charge in [-0.25, -0.2) is 29.4 Å². The largest absolute Gasteiger partial charge is 0.444 e. The zero-order valence-electron chi connectivity index (χ0n) is 57.5. The van der Waals surface area contributed by atoms with Gasteiger partial charge in [0.05, 0.1) is 64.3 Å². The molecule has 24 nitrogen and oxygen atoms in total. The van der Waals surface area contributed by atoms with Crippen molar-refractivity contribution in [1.29, 1.82) is 0 Å². The lowest BCUT2D eigenvalue weighted by Gasteiger charge is -2.29. The number of hydrogen-bond acceptors (Lipinski definition) is 18. The summed E-state index contributed by atoms with van der Waals surface area (Å²) in [4.78, 5) is 88.7. The molecule has 24 heteroatoms. The summed E-state index contributed by atoms with van der Waals surface area (Å²) in [7, 11) is 0. The minimum absolute atomic E-state index is 0.0817. The van der Waals surface area contributed by atoms with Gasteiger partial charge >= 0.3 is 18.0 Å². The molecular weight excluding hydrogens is 1280 g/mol. The number of hydrogen-bond donors (Lipinski definition) is 4. The first kappa shape index (κ1) is 70.1. The van der Waals surface area contributed by atoms with E-state index in [9.17, 15) is 34.2 Å². The average Bonchev–Trinajstić information content (AvgIpc) is 1.65. The van der Waals surface area contributed by atoms with Gasteiger partial charge in [-0.1, -0.05) is 108 Å². The Morgan fingerprint density at radius 2 is 1.06 bits per heavy atom. The fourth-order valence-corrected chi connectivity index (χ4v) is 12.5. The topological polar surface area (TPSA) is 291 Å². The molecule has 0 saturated heterocycles. The van der Waals surface area contributed by atoms with Gasteiger partial charge in [0.2, 0.25) is 11.8 Å². The first-order valence-electron chi connectivity index (χ1n) is 34.2. The van der Waals surface area contributed by atoms with Gasteiger partial charge in [0, 0.05) is 67.3 Å². The lowest BCUT2D eigenvalue weighted by atomic mass is 9.95. The number of unbranched alkanes of at least 4 members (excludes halogenated alkanes) is 2. The molecule has 1 aliphatic rings. The van der Waals surface area contributed by atoms with Crippen LogP contribution in [0, 0.1) is 0 Å². The zero-order chi connectivity index (χ0) is 70.8. The summed E-state index contributed by atoms with van der Waals surface area (Å²) in [6.45, 7) is 13.2. The van der Waals surface area contributed by atoms with Crippen molar-refractivity contribution in [3.63, 3.8) is 0 Å². The normalized spacial score (nSPS) is 12.3. The van der Waals surface area contributed by atoms with Gasteiger partial charge in [-0.3, -0.25) is 24.5 Å². The number of fused-ring (bicyclic) bond motifs is 11. The Morgan fingerprint density at radius 3 is 1.64 bits per heavy atom. The number of benzene rings is 6. The predicted octanol–water partition coefficient (Wildman–Crippen LogP) is 13.1. The maximum absolute atomic E-state index is 14.4. The van der Waals surface area contributed by atoms with Crippen LogP contribution in [0.2, 0.25) is 0 Å². The number of nitrogens with zero attached hydrogens (tertiary/aromatic N) is 10. The van der Waals surface area contributed by atoms with E-state index in [1.54, 1.807) is 69.0 Å². The molecule has 12 rings (SSSR count). The van der Waals surface area contributed by atoms with Gasteiger partial charge in [0.15, 0.2) is 11.6 Å². The molecule has 0 unspecified atom stereocenters. The molecule has 0 saturated carbocycles. The first-order chi connectivity index (χ1) is 48.8. The van der Waals surface area contributed by atoms with Gasteiger partial charge in [-0.05, 0) is 133 Å². The summed E-state index contributed by atoms with van der Waals surface area (Å²) in [6.07, 6.45) is 2.13. The van der Waals surface area contributed by atoms with Crippen LogP contribution in [0.4, 0.5) is 22.1 Å². The number of pyridine rings is 2. The molecule has 6 heterocycles. The predicted molar refractivity (Wildman–Crippen MR) is 383 cm³/mol. The van der Waals surface area contributed by atoms with Crippen LogP contribution in [0.1, 0.15) is 121 Å². The van der Waals surface area contributed by atoms with Crippen molar-refractivity contribution in [2.45, 2.75) is 157 Å². The summed E-state index contributed by atoms with van der Waals surface area (Å²) in [5.74, 6) is 1.22. The van der Waals surface area contributed by atoms with E-state index in [-0.39, 0.29) is 76.2 Å². The third kappa shape index (κ3) is 16.9. The Morgan fingerprint density at radius 1 is 0.545 bits per heavy atom. The second-order valence-corrected chi connectivity index (χ2v) is 26.3. The molecule has 0 bridgehead atoms. The number of nitrogens with one attached hydrogen (secondary N) is 2. The molecule has 5 aromatic heterocycles. The Balaban J connectivity index is 0.606. The Bertz CT molecular complexity index is 4840. The number of para-hydroxylation sites is 3. The summed E-state index contributed by atoms with van der Waals surface area (Å²) >= 11 is 0. The molecule has 0 atom stereocenters. The van der Waals surface area contributed by atoms with Crippen LogP contribution in [0.15, 0.2) is 146 Å². The van der Waals surface area contributed by atoms with Gasteiger partial charge in [-0.2, -0.15) is 0 Å². The van der Waals surface area contributed by atoms with Crippen molar-refractivity contribution in [2.75, 3.05) is 28.7 Å². The van der Waals surface area contributed by atoms with Crippen LogP contribution in [0.3, 0.4) is 0 Å². The van der Waals surface area contributed by atoms with Crippen LogP contribution in [-0.2, 0) is 85.8 Å². The SMILES string of the molecule is CCOCc1nc2c(NC(=O)CCc3ccc(OC(=O)CCCCC(=O)N4Cc5ccccc5-c5nnn(CCCCC(=O)Oc6ccc(COC(=O)Nc7nc8ccccc8c8c7nc(COCC)n8CC(C)(C)O)cc6)c5-c5ccccc54)cc3)nc3ccccc3c2n1CC(C)(C)O. The second-order valence-electron chi connectivity index (χ2n) is 26.3. The van der Waals surface area contributed by atoms with Gasteiger partial charge in [0.1, 0.15) is 59.7 Å². The smallest absolute Gasteiger partial charge is 0.413 e. The Hall–Kier alpha value is -10.8. The molecule has 11 aromatic rings. The first-order valence-corrected chi connectivity index (χ1v) is 34.2. The minimum Gasteiger partial charge on any atom is -0.444 e. The minimum atomic E-state index is -1.08. The highest BCUT2D eigenvalue weighted by atomic mass is 16.6. The van der Waals surface area contributed by atoms with E-state index in [4.69, 9.17) is 48.7 Å². The Labute approximate surface area is 583 Å². The number of rotatable bonds is 29. The third-order valence-corrected chi connectivity index (χ3v) is 17.2. The summed E-state index contributed by atoms with van der Waals surface area (Å²) in [6, 6.07) is 44.4. The van der Waals surface area contributed by atoms with E-state index < -0.39 is 29.2 Å². The van der Waals surface area contributed by atoms with E-state index in [2.05, 4.69) is 15.8 Å². The standard InChI is InChI=1S/C77H82N12O12/c1-7-97-45-61-80-68-70(87(61)47-76(3,4)95)55-23-11-14-26-58(55)78-73(68)82-63(90)41-36-49-32-37-52(38-33-49)100-65(92)30-18-17-29-64(91)86-43-51-21-9-10-22-54(51)67-72(57-25-13-16-28-60(57)86)89(85-84-67)42-20-19-31-66(93)101-53-39-34-50(35-40-53)44-99-75(94)83-74-69-71(56-24-12-15-27-59(56)79-74)88(48-77(5,6)96)62(81-69)46-98-8-2/h9-16,21-28,32-35,37-40,95-96H,7-8,17-20,29-31,36,41-48H2,1-6H3,(H,78,82,90)(H,79,83,94). The molecule has 522 valence electrons. The Kier molecular flexibility index (Phi) is 21.6. The van der Waals surface area contributed by atoms with E-state index >= 15 is 0 Å². The number of aliphatic hydroxyl groups is 2. The molecule has 1 aliphatic heterocycles. The molecule has 4 N–H and O–H groups in total. The van der Waals surface area contributed by atoms with Crippen molar-refractivity contribution in [3.8, 4) is 34.0 Å². The number of esters is 2. The number of carbonyl (C=O) groups excluding carboxylic acids is 5. The number of aromatic nitrogens is 9. The number of aryl methyl sites for hydroxylation is 2. The number of ether oxygens (including phenoxy) is 5. The number of imidazole rings is 2. The second kappa shape index (κ2) is 31.2. The zero-order valence-corrected chi connectivity index (χ0v) is 57.5. The lowest BCUT2D eigenvalue weighted by molar-refractivity contribution is -0.135. The fourth-order valence-electron chi connectivity index (χ4n) is 12.5. The molecule has 6 aromatic carbocycles. The van der Waals surface area contributed by atoms with Crippen LogP contribution in [0.25, 0.3) is 66.4 Å². The van der Waals surface area contributed by atoms with Crippen molar-refractivity contribution < 1.29 is 57.9 Å². The van der Waals surface area contributed by atoms with Gasteiger partial charge in [-0.15, -0.1) is 5.10 Å². The van der Waals surface area contributed by atoms with Crippen LogP contribution in [-0.4, -0.2) is 109 Å². The highest BCUT2D eigenvalue weighted by molar-refractivity contribution is 6.11. The van der Waals surface area contributed by atoms with Crippen LogP contribution in [0.5, 0.6) is 11.5 Å². The molecule has 0 spiro atoms. The molecule has 0 radical (unpaired) electrons. The van der Waals surface area contributed by atoms with Gasteiger partial charge in [0.25, 0.3) is 0 Å². The number of anilines is 3. The lowest BCUT2D eigenvalue weighted by Crippen LogP contribution is -2.31. The number of amides is 3. The molecule has 3 amide bonds. The van der Waals surface area contributed by atoms with E-state index in [0.717, 1.165) is 44.2 Å². The molecular formula is C77H82N12O12. The van der Waals surface area contributed by atoms with Crippen LogP contribution < -0.4 is 25.0 Å². The third-order valence-electron chi connectivity index (χ3n) is 17.2. The van der Waals surface area contributed by atoms with E-state index in [0.29, 0.717) is 132 Å². The molecule has 101 heavy (non-hydrogen) atoms. The quantitative estimate of drug-likeness (QED) is 0.0192. The van der Waals surface area contributed by atoms with Crippen LogP contribution >= 0.6 is 0 Å².